The largest absolute Gasteiger partial charge is 0.368 e. The molecule has 10 heteroatoms. The molecule has 2 N–H and O–H groups in total. The van der Waals surface area contributed by atoms with Crippen LogP contribution < -0.4 is 15.7 Å². The zero-order valence-electron chi connectivity index (χ0n) is 14.6. The van der Waals surface area contributed by atoms with E-state index < -0.39 is 28.3 Å². The Bertz CT molecular complexity index is 1210. The standard InChI is InChI=1S/C17H17FN4O4S/c1-20-14-8-7-11(9-15(14)21(2)17(20)24)27(25,26)22(10-16(19)23)13-6-4-3-5-12(13)18/h3-9H,10H2,1-2H3,(H2,19,23). The van der Waals surface area contributed by atoms with Crippen molar-refractivity contribution in [1.82, 2.24) is 9.13 Å². The van der Waals surface area contributed by atoms with Gasteiger partial charge in [-0.3, -0.25) is 18.2 Å². The monoisotopic (exact) mass is 392 g/mol. The van der Waals surface area contributed by atoms with Gasteiger partial charge in [0, 0.05) is 14.1 Å². The number of nitrogens with zero attached hydrogens (tertiary/aromatic N) is 3. The Morgan fingerprint density at radius 3 is 2.37 bits per heavy atom. The molecular weight excluding hydrogens is 375 g/mol. The molecule has 1 heterocycles. The second-order valence-electron chi connectivity index (χ2n) is 5.98. The number of carbonyl (C=O) groups is 1. The molecule has 0 aliphatic heterocycles. The summed E-state index contributed by atoms with van der Waals surface area (Å²) in [5, 5.41) is 0. The van der Waals surface area contributed by atoms with Crippen LogP contribution in [-0.2, 0) is 28.9 Å². The molecule has 3 aromatic rings. The van der Waals surface area contributed by atoms with E-state index in [4.69, 9.17) is 5.73 Å². The van der Waals surface area contributed by atoms with Gasteiger partial charge in [0.25, 0.3) is 10.0 Å². The molecule has 0 saturated carbocycles. The molecule has 27 heavy (non-hydrogen) atoms. The van der Waals surface area contributed by atoms with Gasteiger partial charge in [-0.05, 0) is 30.3 Å². The first kappa shape index (κ1) is 18.6. The summed E-state index contributed by atoms with van der Waals surface area (Å²) in [6.07, 6.45) is 0. The summed E-state index contributed by atoms with van der Waals surface area (Å²) in [4.78, 5) is 23.3. The van der Waals surface area contributed by atoms with E-state index in [1.165, 1.54) is 52.6 Å². The fraction of sp³-hybridized carbons (Fsp3) is 0.176. The summed E-state index contributed by atoms with van der Waals surface area (Å²) in [5.41, 5.74) is 5.49. The highest BCUT2D eigenvalue weighted by molar-refractivity contribution is 7.92. The predicted molar refractivity (Wildman–Crippen MR) is 98.3 cm³/mol. The molecule has 0 aliphatic carbocycles. The Hall–Kier alpha value is -3.14. The summed E-state index contributed by atoms with van der Waals surface area (Å²) in [7, 11) is -1.24. The van der Waals surface area contributed by atoms with Gasteiger partial charge in [-0.15, -0.1) is 0 Å². The number of sulfonamides is 1. The highest BCUT2D eigenvalue weighted by Gasteiger charge is 2.29. The lowest BCUT2D eigenvalue weighted by Gasteiger charge is -2.23. The van der Waals surface area contributed by atoms with E-state index in [2.05, 4.69) is 0 Å². The van der Waals surface area contributed by atoms with Gasteiger partial charge >= 0.3 is 5.69 Å². The number of aryl methyl sites for hydroxylation is 2. The number of rotatable bonds is 5. The molecule has 0 aliphatic rings. The molecule has 0 saturated heterocycles. The van der Waals surface area contributed by atoms with E-state index in [1.54, 1.807) is 7.05 Å². The number of carbonyl (C=O) groups excluding carboxylic acids is 1. The average molecular weight is 392 g/mol. The minimum absolute atomic E-state index is 0.194. The molecule has 0 radical (unpaired) electrons. The Morgan fingerprint density at radius 2 is 1.74 bits per heavy atom. The number of aromatic nitrogens is 2. The number of nitrogens with two attached hydrogens (primary N) is 1. The van der Waals surface area contributed by atoms with Gasteiger partial charge in [-0.2, -0.15) is 0 Å². The molecule has 0 atom stereocenters. The number of benzene rings is 2. The molecule has 0 spiro atoms. The highest BCUT2D eigenvalue weighted by Crippen LogP contribution is 2.27. The molecule has 1 amide bonds. The fourth-order valence-corrected chi connectivity index (χ4v) is 4.33. The summed E-state index contributed by atoms with van der Waals surface area (Å²) in [6.45, 7) is -0.727. The summed E-state index contributed by atoms with van der Waals surface area (Å²) in [5.74, 6) is -1.74. The van der Waals surface area contributed by atoms with Crippen LogP contribution in [0, 0.1) is 5.82 Å². The van der Waals surface area contributed by atoms with Crippen molar-refractivity contribution in [2.45, 2.75) is 4.90 Å². The van der Waals surface area contributed by atoms with Gasteiger partial charge < -0.3 is 5.73 Å². The molecule has 2 aromatic carbocycles. The van der Waals surface area contributed by atoms with E-state index in [0.29, 0.717) is 15.3 Å². The van der Waals surface area contributed by atoms with Crippen LogP contribution in [0.4, 0.5) is 10.1 Å². The van der Waals surface area contributed by atoms with Gasteiger partial charge in [0.1, 0.15) is 12.4 Å². The molecule has 0 unspecified atom stereocenters. The van der Waals surface area contributed by atoms with Gasteiger partial charge in [-0.25, -0.2) is 17.6 Å². The van der Waals surface area contributed by atoms with Crippen molar-refractivity contribution in [2.75, 3.05) is 10.8 Å². The lowest BCUT2D eigenvalue weighted by molar-refractivity contribution is -0.116. The second kappa shape index (κ2) is 6.54. The minimum atomic E-state index is -4.32. The zero-order valence-corrected chi connectivity index (χ0v) is 15.4. The normalized spacial score (nSPS) is 11.7. The van der Waals surface area contributed by atoms with Crippen LogP contribution in [0.5, 0.6) is 0 Å². The smallest absolute Gasteiger partial charge is 0.328 e. The van der Waals surface area contributed by atoms with Crippen molar-refractivity contribution >= 4 is 32.7 Å². The van der Waals surface area contributed by atoms with Crippen LogP contribution in [-0.4, -0.2) is 30.0 Å². The Morgan fingerprint density at radius 1 is 1.11 bits per heavy atom. The molecule has 142 valence electrons. The lowest BCUT2D eigenvalue weighted by Crippen LogP contribution is -2.39. The third-order valence-electron chi connectivity index (χ3n) is 4.25. The Balaban J connectivity index is 2.22. The van der Waals surface area contributed by atoms with Crippen molar-refractivity contribution in [3.63, 3.8) is 0 Å². The number of hydrogen-bond acceptors (Lipinski definition) is 4. The maximum atomic E-state index is 14.2. The first-order valence-corrected chi connectivity index (χ1v) is 9.29. The van der Waals surface area contributed by atoms with E-state index >= 15 is 0 Å². The number of hydrogen-bond donors (Lipinski definition) is 1. The van der Waals surface area contributed by atoms with Crippen molar-refractivity contribution in [3.8, 4) is 0 Å². The van der Waals surface area contributed by atoms with Gasteiger partial charge in [0.05, 0.1) is 21.6 Å². The van der Waals surface area contributed by atoms with E-state index in [-0.39, 0.29) is 16.3 Å². The third-order valence-corrected chi connectivity index (χ3v) is 6.01. The first-order valence-electron chi connectivity index (χ1n) is 7.85. The number of imidazole rings is 1. The van der Waals surface area contributed by atoms with Crippen LogP contribution in [0.1, 0.15) is 0 Å². The quantitative estimate of drug-likeness (QED) is 0.689. The van der Waals surface area contributed by atoms with Crippen LogP contribution in [0.15, 0.2) is 52.2 Å². The Labute approximate surface area is 154 Å². The highest BCUT2D eigenvalue weighted by atomic mass is 32.2. The van der Waals surface area contributed by atoms with Crippen LogP contribution >= 0.6 is 0 Å². The number of primary amides is 1. The maximum Gasteiger partial charge on any atom is 0.328 e. The number of anilines is 1. The molecule has 3 rings (SSSR count). The Kier molecular flexibility index (Phi) is 4.52. The van der Waals surface area contributed by atoms with E-state index in [9.17, 15) is 22.4 Å². The number of halogens is 1. The van der Waals surface area contributed by atoms with Crippen LogP contribution in [0.25, 0.3) is 11.0 Å². The SMILES string of the molecule is Cn1c(=O)n(C)c2cc(S(=O)(=O)N(CC(N)=O)c3ccccc3F)ccc21. The number of fused-ring (bicyclic) bond motifs is 1. The summed E-state index contributed by atoms with van der Waals surface area (Å²) >= 11 is 0. The molecular formula is C17H17FN4O4S. The predicted octanol–water partition coefficient (Wildman–Crippen LogP) is 0.697. The zero-order chi connectivity index (χ0) is 19.9. The van der Waals surface area contributed by atoms with Crippen LogP contribution in [0.3, 0.4) is 0 Å². The number of para-hydroxylation sites is 1. The van der Waals surface area contributed by atoms with Crippen molar-refractivity contribution in [2.24, 2.45) is 19.8 Å². The fourth-order valence-electron chi connectivity index (χ4n) is 2.87. The molecule has 0 fully saturated rings. The van der Waals surface area contributed by atoms with E-state index in [1.807, 2.05) is 0 Å². The van der Waals surface area contributed by atoms with Gasteiger partial charge in [-0.1, -0.05) is 12.1 Å². The van der Waals surface area contributed by atoms with Crippen molar-refractivity contribution in [3.05, 3.63) is 58.8 Å². The second-order valence-corrected chi connectivity index (χ2v) is 7.84. The lowest BCUT2D eigenvalue weighted by atomic mass is 10.3. The summed E-state index contributed by atoms with van der Waals surface area (Å²) < 4.78 is 43.7. The number of amides is 1. The van der Waals surface area contributed by atoms with Crippen molar-refractivity contribution in [1.29, 1.82) is 0 Å². The first-order chi connectivity index (χ1) is 12.6. The van der Waals surface area contributed by atoms with Gasteiger partial charge in [0.2, 0.25) is 5.91 Å². The van der Waals surface area contributed by atoms with Gasteiger partial charge in [0.15, 0.2) is 0 Å². The minimum Gasteiger partial charge on any atom is -0.368 e. The molecule has 0 bridgehead atoms. The van der Waals surface area contributed by atoms with Crippen LogP contribution in [0.2, 0.25) is 0 Å². The average Bonchev–Trinajstić information content (AvgIpc) is 2.84. The van der Waals surface area contributed by atoms with Crippen molar-refractivity contribution < 1.29 is 17.6 Å². The maximum absolute atomic E-state index is 14.2. The third kappa shape index (κ3) is 3.08. The van der Waals surface area contributed by atoms with E-state index in [0.717, 1.165) is 6.07 Å². The topological polar surface area (TPSA) is 107 Å². The molecule has 8 nitrogen and oxygen atoms in total. The summed E-state index contributed by atoms with van der Waals surface area (Å²) in [6, 6.07) is 9.27. The molecule has 1 aromatic heterocycles.